The monoisotopic (exact) mass is 190 g/mol. The minimum absolute atomic E-state index is 0.270. The first kappa shape index (κ1) is 8.74. The minimum atomic E-state index is -1.22. The van der Waals surface area contributed by atoms with Gasteiger partial charge in [0.25, 0.3) is 0 Å². The van der Waals surface area contributed by atoms with Crippen molar-refractivity contribution in [2.75, 3.05) is 0 Å². The zero-order valence-electron chi connectivity index (χ0n) is 7.34. The van der Waals surface area contributed by atoms with Crippen LogP contribution in [-0.4, -0.2) is 17.8 Å². The fourth-order valence-corrected chi connectivity index (χ4v) is 1.30. The predicted molar refractivity (Wildman–Crippen MR) is 47.5 cm³/mol. The third kappa shape index (κ3) is 1.59. The van der Waals surface area contributed by atoms with Crippen LogP contribution in [0.5, 0.6) is 0 Å². The fourth-order valence-electron chi connectivity index (χ4n) is 1.30. The van der Waals surface area contributed by atoms with Gasteiger partial charge < -0.3 is 14.7 Å². The number of carboxylic acids is 1. The molecular weight excluding hydrogens is 182 g/mol. The van der Waals surface area contributed by atoms with Crippen LogP contribution in [0.1, 0.15) is 12.0 Å². The molecule has 1 aliphatic heterocycles. The third-order valence-corrected chi connectivity index (χ3v) is 2.04. The maximum absolute atomic E-state index is 10.5. The maximum atomic E-state index is 10.5. The highest BCUT2D eigenvalue weighted by atomic mass is 16.7. The van der Waals surface area contributed by atoms with Crippen LogP contribution in [-0.2, 0) is 9.63 Å². The Labute approximate surface area is 80.8 Å². The van der Waals surface area contributed by atoms with Crippen LogP contribution < -0.4 is 5.11 Å². The Morgan fingerprint density at radius 3 is 2.71 bits per heavy atom. The zero-order valence-corrected chi connectivity index (χ0v) is 7.34. The van der Waals surface area contributed by atoms with Crippen LogP contribution in [0.25, 0.3) is 0 Å². The number of benzene rings is 1. The van der Waals surface area contributed by atoms with E-state index in [2.05, 4.69) is 5.16 Å². The highest BCUT2D eigenvalue weighted by molar-refractivity contribution is 6.03. The average Bonchev–Trinajstić information content (AvgIpc) is 2.68. The second kappa shape index (κ2) is 3.49. The number of carboxylic acid groups (broad SMARTS) is 1. The molecule has 0 unspecified atom stereocenters. The number of carbonyl (C=O) groups excluding carboxylic acids is 1. The van der Waals surface area contributed by atoms with E-state index >= 15 is 0 Å². The number of hydrogen-bond acceptors (Lipinski definition) is 4. The maximum Gasteiger partial charge on any atom is 0.172 e. The molecule has 0 aromatic heterocycles. The van der Waals surface area contributed by atoms with E-state index in [0.29, 0.717) is 5.71 Å². The molecule has 1 aromatic carbocycles. The Bertz CT molecular complexity index is 372. The molecule has 72 valence electrons. The van der Waals surface area contributed by atoms with Crippen LogP contribution in [0.4, 0.5) is 0 Å². The van der Waals surface area contributed by atoms with Gasteiger partial charge >= 0.3 is 0 Å². The summed E-state index contributed by atoms with van der Waals surface area (Å²) in [6, 6.07) is 9.34. The first-order valence-corrected chi connectivity index (χ1v) is 4.26. The number of rotatable bonds is 2. The summed E-state index contributed by atoms with van der Waals surface area (Å²) in [4.78, 5) is 15.2. The first-order valence-electron chi connectivity index (χ1n) is 4.26. The van der Waals surface area contributed by atoms with Gasteiger partial charge in [0.05, 0.1) is 11.7 Å². The highest BCUT2D eigenvalue weighted by Crippen LogP contribution is 2.15. The molecule has 0 radical (unpaired) electrons. The van der Waals surface area contributed by atoms with Crippen molar-refractivity contribution in [1.29, 1.82) is 0 Å². The van der Waals surface area contributed by atoms with Gasteiger partial charge in [-0.1, -0.05) is 35.5 Å². The molecule has 0 spiro atoms. The van der Waals surface area contributed by atoms with Gasteiger partial charge in [-0.3, -0.25) is 0 Å². The number of nitrogens with zero attached hydrogens (tertiary/aromatic N) is 1. The predicted octanol–water partition coefficient (Wildman–Crippen LogP) is -0.0705. The molecule has 1 aliphatic rings. The Morgan fingerprint density at radius 1 is 1.43 bits per heavy atom. The topological polar surface area (TPSA) is 61.7 Å². The molecule has 1 aromatic rings. The van der Waals surface area contributed by atoms with Gasteiger partial charge in [-0.2, -0.15) is 0 Å². The summed E-state index contributed by atoms with van der Waals surface area (Å²) in [6.45, 7) is 0. The lowest BCUT2D eigenvalue weighted by molar-refractivity contribution is -0.315. The van der Waals surface area contributed by atoms with Crippen molar-refractivity contribution in [2.24, 2.45) is 5.16 Å². The molecule has 0 saturated heterocycles. The molecule has 0 bridgehead atoms. The molecule has 4 heteroatoms. The van der Waals surface area contributed by atoms with Crippen molar-refractivity contribution in [3.63, 3.8) is 0 Å². The van der Waals surface area contributed by atoms with E-state index in [4.69, 9.17) is 4.84 Å². The number of carbonyl (C=O) groups is 1. The van der Waals surface area contributed by atoms with Gasteiger partial charge in [0.15, 0.2) is 6.10 Å². The summed E-state index contributed by atoms with van der Waals surface area (Å²) >= 11 is 0. The quantitative estimate of drug-likeness (QED) is 0.655. The van der Waals surface area contributed by atoms with Crippen LogP contribution in [0.3, 0.4) is 0 Å². The molecule has 0 fully saturated rings. The molecule has 0 N–H and O–H groups in total. The van der Waals surface area contributed by atoms with E-state index in [1.54, 1.807) is 0 Å². The SMILES string of the molecule is O=C([O-])[C@@H]1CC(c2ccccc2)=NO1. The summed E-state index contributed by atoms with van der Waals surface area (Å²) in [5.41, 5.74) is 1.54. The van der Waals surface area contributed by atoms with Crippen molar-refractivity contribution in [2.45, 2.75) is 12.5 Å². The van der Waals surface area contributed by atoms with E-state index in [-0.39, 0.29) is 6.42 Å². The number of oxime groups is 1. The molecule has 1 atom stereocenters. The third-order valence-electron chi connectivity index (χ3n) is 2.04. The Hall–Kier alpha value is -1.84. The normalized spacial score (nSPS) is 20.0. The molecule has 1 heterocycles. The van der Waals surface area contributed by atoms with Gasteiger partial charge in [0, 0.05) is 6.42 Å². The molecule has 0 aliphatic carbocycles. The summed E-state index contributed by atoms with van der Waals surface area (Å²) in [7, 11) is 0. The van der Waals surface area contributed by atoms with Gasteiger partial charge in [-0.25, -0.2) is 0 Å². The lowest BCUT2D eigenvalue weighted by Gasteiger charge is -2.07. The van der Waals surface area contributed by atoms with Crippen LogP contribution in [0, 0.1) is 0 Å². The molecule has 0 amide bonds. The van der Waals surface area contributed by atoms with Crippen LogP contribution >= 0.6 is 0 Å². The van der Waals surface area contributed by atoms with E-state index in [1.165, 1.54) is 0 Å². The molecule has 0 saturated carbocycles. The Morgan fingerprint density at radius 2 is 2.14 bits per heavy atom. The Kier molecular flexibility index (Phi) is 2.18. The molecule has 2 rings (SSSR count). The average molecular weight is 190 g/mol. The van der Waals surface area contributed by atoms with Gasteiger partial charge in [-0.15, -0.1) is 0 Å². The fraction of sp³-hybridized carbons (Fsp3) is 0.200. The summed E-state index contributed by atoms with van der Waals surface area (Å²) < 4.78 is 0. The van der Waals surface area contributed by atoms with E-state index in [1.807, 2.05) is 30.3 Å². The summed E-state index contributed by atoms with van der Waals surface area (Å²) in [6.07, 6.45) is -0.669. The highest BCUT2D eigenvalue weighted by Gasteiger charge is 2.22. The van der Waals surface area contributed by atoms with Crippen LogP contribution in [0.15, 0.2) is 35.5 Å². The largest absolute Gasteiger partial charge is 0.546 e. The second-order valence-corrected chi connectivity index (χ2v) is 3.02. The smallest absolute Gasteiger partial charge is 0.172 e. The van der Waals surface area contributed by atoms with Gasteiger partial charge in [0.1, 0.15) is 0 Å². The van der Waals surface area contributed by atoms with Crippen molar-refractivity contribution < 1.29 is 14.7 Å². The van der Waals surface area contributed by atoms with E-state index in [9.17, 15) is 9.90 Å². The van der Waals surface area contributed by atoms with Gasteiger partial charge in [-0.05, 0) is 5.56 Å². The number of aliphatic carboxylic acids is 1. The second-order valence-electron chi connectivity index (χ2n) is 3.02. The molecule has 4 nitrogen and oxygen atoms in total. The molecular formula is C10H8NO3-. The minimum Gasteiger partial charge on any atom is -0.546 e. The Balaban J connectivity index is 2.13. The number of hydrogen-bond donors (Lipinski definition) is 0. The summed E-state index contributed by atoms with van der Waals surface area (Å²) in [5.74, 6) is -1.22. The molecule has 14 heavy (non-hydrogen) atoms. The van der Waals surface area contributed by atoms with Crippen molar-refractivity contribution in [3.8, 4) is 0 Å². The zero-order chi connectivity index (χ0) is 9.97. The van der Waals surface area contributed by atoms with Crippen LogP contribution in [0.2, 0.25) is 0 Å². The van der Waals surface area contributed by atoms with Crippen molar-refractivity contribution >= 4 is 11.7 Å². The lowest BCUT2D eigenvalue weighted by Crippen LogP contribution is -2.35. The standard InChI is InChI=1S/C10H9NO3/c12-10(13)9-6-8(11-14-9)7-4-2-1-3-5-7/h1-5,9H,6H2,(H,12,13)/p-1/t9-/m0/s1. The lowest BCUT2D eigenvalue weighted by atomic mass is 10.1. The first-order chi connectivity index (χ1) is 6.77. The van der Waals surface area contributed by atoms with E-state index < -0.39 is 12.1 Å². The van der Waals surface area contributed by atoms with E-state index in [0.717, 1.165) is 5.56 Å². The summed E-state index contributed by atoms with van der Waals surface area (Å²) in [5, 5.41) is 14.2. The van der Waals surface area contributed by atoms with Gasteiger partial charge in [0.2, 0.25) is 0 Å². The van der Waals surface area contributed by atoms with Crippen molar-refractivity contribution in [1.82, 2.24) is 0 Å². The van der Waals surface area contributed by atoms with Crippen molar-refractivity contribution in [3.05, 3.63) is 35.9 Å².